The zero-order chi connectivity index (χ0) is 24.0. The van der Waals surface area contributed by atoms with Crippen LogP contribution in [-0.4, -0.2) is 35.0 Å². The Labute approximate surface area is 202 Å². The molecule has 0 saturated carbocycles. The van der Waals surface area contributed by atoms with Gasteiger partial charge in [-0.1, -0.05) is 6.07 Å². The number of nitrogens with zero attached hydrogens (tertiary/aromatic N) is 3. The summed E-state index contributed by atoms with van der Waals surface area (Å²) < 4.78 is 48.7. The Kier molecular flexibility index (Phi) is 7.92. The van der Waals surface area contributed by atoms with E-state index in [2.05, 4.69) is 24.1 Å². The number of aromatic nitrogens is 2. The molecule has 0 saturated heterocycles. The van der Waals surface area contributed by atoms with Crippen LogP contribution in [0.5, 0.6) is 11.6 Å². The second-order valence-electron chi connectivity index (χ2n) is 7.13. The third-order valence-electron chi connectivity index (χ3n) is 4.21. The largest absolute Gasteiger partial charge is 0.439 e. The Morgan fingerprint density at radius 3 is 2.36 bits per heavy atom. The Hall–Kier alpha value is -3.13. The minimum absolute atomic E-state index is 0.0331. The van der Waals surface area contributed by atoms with E-state index in [1.165, 1.54) is 12.1 Å². The van der Waals surface area contributed by atoms with Gasteiger partial charge in [0.2, 0.25) is 11.8 Å². The first-order valence-corrected chi connectivity index (χ1v) is 10.6. The number of ether oxygens (including phenoxy) is 1. The highest BCUT2D eigenvalue weighted by molar-refractivity contribution is 14.1. The number of amides is 2. The lowest BCUT2D eigenvalue weighted by atomic mass is 10.1. The van der Waals surface area contributed by atoms with Gasteiger partial charge in [-0.2, -0.15) is 18.2 Å². The van der Waals surface area contributed by atoms with Crippen molar-refractivity contribution in [3.8, 4) is 11.6 Å². The van der Waals surface area contributed by atoms with E-state index >= 15 is 0 Å². The van der Waals surface area contributed by atoms with Crippen molar-refractivity contribution >= 4 is 46.2 Å². The molecule has 2 amide bonds. The molecule has 0 bridgehead atoms. The maximum Gasteiger partial charge on any atom is 0.416 e. The number of urea groups is 1. The third-order valence-corrected chi connectivity index (χ3v) is 4.69. The average molecular weight is 572 g/mol. The van der Waals surface area contributed by atoms with E-state index in [0.717, 1.165) is 6.07 Å². The fraction of sp³-hybridized carbons (Fsp3) is 0.190. The number of nitrogens with one attached hydrogen (secondary N) is 3. The van der Waals surface area contributed by atoms with Gasteiger partial charge in [0, 0.05) is 30.2 Å². The molecular weight excluding hydrogens is 552 g/mol. The number of alkyl halides is 3. The van der Waals surface area contributed by atoms with Crippen LogP contribution in [0.2, 0.25) is 0 Å². The molecule has 0 aliphatic rings. The summed E-state index contributed by atoms with van der Waals surface area (Å²) in [5.74, 6) is 1.21. The zero-order valence-electron chi connectivity index (χ0n) is 17.6. The predicted octanol–water partition coefficient (Wildman–Crippen LogP) is 5.76. The van der Waals surface area contributed by atoms with Gasteiger partial charge >= 0.3 is 12.2 Å². The van der Waals surface area contributed by atoms with Crippen molar-refractivity contribution in [1.82, 2.24) is 14.9 Å². The molecule has 0 spiro atoms. The summed E-state index contributed by atoms with van der Waals surface area (Å²) in [6.07, 6.45) is -2.99. The first kappa shape index (κ1) is 24.5. The second-order valence-corrected chi connectivity index (χ2v) is 7.67. The van der Waals surface area contributed by atoms with Gasteiger partial charge in [-0.3, -0.25) is 3.53 Å². The van der Waals surface area contributed by atoms with E-state index in [9.17, 15) is 18.0 Å². The fourth-order valence-electron chi connectivity index (χ4n) is 2.86. The van der Waals surface area contributed by atoms with Gasteiger partial charge in [0.15, 0.2) is 0 Å². The van der Waals surface area contributed by atoms with Gasteiger partial charge in [-0.25, -0.2) is 9.78 Å². The number of carbonyl (C=O) groups is 1. The average Bonchev–Trinajstić information content (AvgIpc) is 2.75. The topological polar surface area (TPSA) is 91.4 Å². The number of benzene rings is 2. The third kappa shape index (κ3) is 7.18. The molecular formula is C21H20F3IN6O2. The Morgan fingerprint density at radius 1 is 1.06 bits per heavy atom. The van der Waals surface area contributed by atoms with Crippen LogP contribution in [0.3, 0.4) is 0 Å². The summed E-state index contributed by atoms with van der Waals surface area (Å²) in [4.78, 5) is 22.0. The van der Waals surface area contributed by atoms with Crippen molar-refractivity contribution in [1.29, 1.82) is 0 Å². The maximum absolute atomic E-state index is 13.4. The Morgan fingerprint density at radius 2 is 1.73 bits per heavy atom. The summed E-state index contributed by atoms with van der Waals surface area (Å²) in [6, 6.07) is 11.1. The van der Waals surface area contributed by atoms with Crippen LogP contribution in [0.1, 0.15) is 11.1 Å². The molecule has 3 aromatic rings. The van der Waals surface area contributed by atoms with Crippen LogP contribution in [0.15, 0.2) is 54.7 Å². The molecule has 3 N–H and O–H groups in total. The number of anilines is 3. The van der Waals surface area contributed by atoms with Crippen molar-refractivity contribution in [3.05, 3.63) is 65.9 Å². The summed E-state index contributed by atoms with van der Waals surface area (Å²) in [7, 11) is 3.37. The molecule has 2 aromatic carbocycles. The lowest BCUT2D eigenvalue weighted by Crippen LogP contribution is -2.21. The lowest BCUT2D eigenvalue weighted by molar-refractivity contribution is -0.138. The molecule has 8 nitrogen and oxygen atoms in total. The molecule has 3 rings (SSSR count). The van der Waals surface area contributed by atoms with Crippen molar-refractivity contribution < 1.29 is 22.7 Å². The van der Waals surface area contributed by atoms with E-state index in [1.807, 2.05) is 22.9 Å². The SMILES string of the molecule is CN(C)Cc1ccc(NC(=O)Nc2ccc(Oc3ccnc(NI)n3)cc2)cc1C(F)(F)F. The summed E-state index contributed by atoms with van der Waals surface area (Å²) in [6.45, 7) is 0.126. The first-order chi connectivity index (χ1) is 15.6. The molecule has 174 valence electrons. The molecule has 0 aliphatic heterocycles. The molecule has 0 atom stereocenters. The number of rotatable bonds is 7. The van der Waals surface area contributed by atoms with Crippen molar-refractivity contribution in [2.24, 2.45) is 0 Å². The second kappa shape index (κ2) is 10.7. The zero-order valence-corrected chi connectivity index (χ0v) is 19.7. The minimum Gasteiger partial charge on any atom is -0.439 e. The fourth-order valence-corrected chi connectivity index (χ4v) is 3.12. The Balaban J connectivity index is 1.64. The van der Waals surface area contributed by atoms with Crippen LogP contribution < -0.4 is 18.9 Å². The molecule has 0 aliphatic carbocycles. The molecule has 0 fully saturated rings. The van der Waals surface area contributed by atoms with Crippen LogP contribution >= 0.6 is 22.9 Å². The van der Waals surface area contributed by atoms with E-state index in [1.54, 1.807) is 55.5 Å². The minimum atomic E-state index is -4.54. The highest BCUT2D eigenvalue weighted by atomic mass is 127. The van der Waals surface area contributed by atoms with Crippen LogP contribution in [0, 0.1) is 0 Å². The molecule has 0 unspecified atom stereocenters. The Bertz CT molecular complexity index is 1110. The number of hydrogen-bond acceptors (Lipinski definition) is 6. The maximum atomic E-state index is 13.4. The summed E-state index contributed by atoms with van der Waals surface area (Å²) in [5, 5.41) is 5.00. The van der Waals surface area contributed by atoms with Gasteiger partial charge in [0.1, 0.15) is 5.75 Å². The van der Waals surface area contributed by atoms with Crippen molar-refractivity contribution in [2.45, 2.75) is 12.7 Å². The smallest absolute Gasteiger partial charge is 0.416 e. The number of halogens is 4. The van der Waals surface area contributed by atoms with Gasteiger partial charge in [0.25, 0.3) is 0 Å². The quantitative estimate of drug-likeness (QED) is 0.247. The first-order valence-electron chi connectivity index (χ1n) is 9.54. The summed E-state index contributed by atoms with van der Waals surface area (Å²) in [5.41, 5.74) is -0.205. The van der Waals surface area contributed by atoms with Crippen LogP contribution in [-0.2, 0) is 12.7 Å². The van der Waals surface area contributed by atoms with Gasteiger partial charge < -0.3 is 20.3 Å². The normalized spacial score (nSPS) is 11.2. The van der Waals surface area contributed by atoms with Gasteiger partial charge in [0.05, 0.1) is 28.4 Å². The van der Waals surface area contributed by atoms with E-state index in [0.29, 0.717) is 23.3 Å². The standard InChI is InChI=1S/C21H20F3IN6O2/c1-31(2)12-13-3-4-15(11-17(13)21(22,23)24)28-20(32)27-14-5-7-16(8-6-14)33-18-9-10-26-19(29-18)30-25/h3-11H,12H2,1-2H3,(H,26,29,30)(H2,27,28,32). The van der Waals surface area contributed by atoms with Crippen molar-refractivity contribution in [2.75, 3.05) is 28.3 Å². The number of carbonyl (C=O) groups excluding carboxylic acids is 1. The lowest BCUT2D eigenvalue weighted by Gasteiger charge is -2.18. The van der Waals surface area contributed by atoms with Gasteiger partial charge in [-0.05, 0) is 56.1 Å². The van der Waals surface area contributed by atoms with Crippen LogP contribution in [0.4, 0.5) is 35.3 Å². The van der Waals surface area contributed by atoms with E-state index in [-0.39, 0.29) is 17.8 Å². The molecule has 33 heavy (non-hydrogen) atoms. The van der Waals surface area contributed by atoms with Crippen molar-refractivity contribution in [3.63, 3.8) is 0 Å². The molecule has 12 heteroatoms. The monoisotopic (exact) mass is 572 g/mol. The summed E-state index contributed by atoms with van der Waals surface area (Å²) >= 11 is 1.90. The van der Waals surface area contributed by atoms with E-state index < -0.39 is 17.8 Å². The molecule has 0 radical (unpaired) electrons. The molecule has 1 aromatic heterocycles. The van der Waals surface area contributed by atoms with E-state index in [4.69, 9.17) is 4.74 Å². The van der Waals surface area contributed by atoms with Crippen LogP contribution in [0.25, 0.3) is 0 Å². The number of hydrogen-bond donors (Lipinski definition) is 3. The predicted molar refractivity (Wildman–Crippen MR) is 128 cm³/mol. The van der Waals surface area contributed by atoms with Gasteiger partial charge in [-0.15, -0.1) is 0 Å². The molecule has 1 heterocycles. The highest BCUT2D eigenvalue weighted by Crippen LogP contribution is 2.34. The highest BCUT2D eigenvalue weighted by Gasteiger charge is 2.33.